The van der Waals surface area contributed by atoms with E-state index in [1.54, 1.807) is 0 Å². The molecule has 0 aliphatic carbocycles. The number of carbonyl (C=O) groups is 4. The molecule has 0 aliphatic rings. The summed E-state index contributed by atoms with van der Waals surface area (Å²) in [6, 6.07) is 0. The Morgan fingerprint density at radius 2 is 1.20 bits per heavy atom. The summed E-state index contributed by atoms with van der Waals surface area (Å²) in [5.41, 5.74) is 0. The third kappa shape index (κ3) is 5.89. The second-order valence-electron chi connectivity index (χ2n) is 4.04. The normalized spacial score (nSPS) is 10.0. The van der Waals surface area contributed by atoms with Gasteiger partial charge in [-0.05, 0) is 0 Å². The van der Waals surface area contributed by atoms with Crippen molar-refractivity contribution in [1.82, 2.24) is 9.80 Å². The molecule has 4 amide bonds. The molecule has 0 aromatic rings. The molecular weight excluding hydrogens is 268 g/mol. The number of hydrogen-bond donors (Lipinski definition) is 0. The molecule has 8 nitrogen and oxygen atoms in total. The maximum atomic E-state index is 11.8. The quantitative estimate of drug-likeness (QED) is 0.598. The number of rotatable bonds is 7. The molecule has 0 saturated heterocycles. The summed E-state index contributed by atoms with van der Waals surface area (Å²) in [6.45, 7) is 2.29. The Balaban J connectivity index is 4.51. The van der Waals surface area contributed by atoms with Crippen molar-refractivity contribution in [2.24, 2.45) is 0 Å². The number of imide groups is 3. The van der Waals surface area contributed by atoms with Crippen molar-refractivity contribution in [2.75, 3.05) is 27.7 Å². The summed E-state index contributed by atoms with van der Waals surface area (Å²) >= 11 is 0. The van der Waals surface area contributed by atoms with E-state index < -0.39 is 17.7 Å². The number of methoxy groups -OCH3 is 2. The van der Waals surface area contributed by atoms with Gasteiger partial charge in [0.25, 0.3) is 0 Å². The molecule has 0 unspecified atom stereocenters. The van der Waals surface area contributed by atoms with Crippen LogP contribution < -0.4 is 0 Å². The van der Waals surface area contributed by atoms with Crippen molar-refractivity contribution < 1.29 is 28.7 Å². The monoisotopic (exact) mass is 288 g/mol. The van der Waals surface area contributed by atoms with Crippen molar-refractivity contribution >= 4 is 23.6 Å². The number of ether oxygens (including phenoxy) is 2. The maximum absolute atomic E-state index is 11.8. The summed E-state index contributed by atoms with van der Waals surface area (Å²) < 4.78 is 9.66. The van der Waals surface area contributed by atoms with Crippen LogP contribution in [0.25, 0.3) is 0 Å². The van der Waals surface area contributed by atoms with Gasteiger partial charge in [0.1, 0.15) is 13.5 Å². The lowest BCUT2D eigenvalue weighted by Gasteiger charge is -2.21. The van der Waals surface area contributed by atoms with E-state index in [4.69, 9.17) is 9.47 Å². The Hall–Kier alpha value is -1.80. The minimum Gasteiger partial charge on any atom is -0.364 e. The Morgan fingerprint density at radius 3 is 1.55 bits per heavy atom. The minimum atomic E-state index is -0.701. The zero-order valence-electron chi connectivity index (χ0n) is 12.2. The summed E-state index contributed by atoms with van der Waals surface area (Å²) in [4.78, 5) is 47.6. The van der Waals surface area contributed by atoms with Gasteiger partial charge in [-0.15, -0.1) is 0 Å². The van der Waals surface area contributed by atoms with Gasteiger partial charge in [0.15, 0.2) is 0 Å². The molecule has 114 valence electrons. The van der Waals surface area contributed by atoms with Gasteiger partial charge in [0.05, 0.1) is 0 Å². The first-order valence-corrected chi connectivity index (χ1v) is 5.94. The Morgan fingerprint density at radius 1 is 0.800 bits per heavy atom. The fourth-order valence-corrected chi connectivity index (χ4v) is 1.55. The van der Waals surface area contributed by atoms with Crippen LogP contribution in [0, 0.1) is 0 Å². The molecule has 0 bridgehead atoms. The van der Waals surface area contributed by atoms with Crippen molar-refractivity contribution in [1.29, 1.82) is 0 Å². The van der Waals surface area contributed by atoms with E-state index in [2.05, 4.69) is 0 Å². The lowest BCUT2D eigenvalue weighted by Crippen LogP contribution is -2.40. The van der Waals surface area contributed by atoms with E-state index in [0.29, 0.717) is 4.90 Å². The van der Waals surface area contributed by atoms with Gasteiger partial charge in [0.2, 0.25) is 23.6 Å². The average molecular weight is 288 g/mol. The van der Waals surface area contributed by atoms with Crippen LogP contribution in [0.4, 0.5) is 0 Å². The standard InChI is InChI=1S/C12H20N2O6/c1-9(15)14(10(2)16)12(18)6-5-11(17)13(7-19-3)8-20-4/h5-8H2,1-4H3. The van der Waals surface area contributed by atoms with Gasteiger partial charge in [-0.2, -0.15) is 0 Å². The lowest BCUT2D eigenvalue weighted by molar-refractivity contribution is -0.154. The molecule has 0 N–H and O–H groups in total. The molecule has 0 saturated carbocycles. The van der Waals surface area contributed by atoms with Crippen LogP contribution in [0.1, 0.15) is 26.7 Å². The molecule has 0 radical (unpaired) electrons. The highest BCUT2D eigenvalue weighted by Crippen LogP contribution is 2.03. The molecule has 0 aliphatic heterocycles. The first kappa shape index (κ1) is 18.2. The smallest absolute Gasteiger partial charge is 0.236 e. The Kier molecular flexibility index (Phi) is 8.33. The number of carbonyl (C=O) groups excluding carboxylic acids is 4. The largest absolute Gasteiger partial charge is 0.364 e. The minimum absolute atomic E-state index is 0.0317. The van der Waals surface area contributed by atoms with E-state index in [-0.39, 0.29) is 32.2 Å². The van der Waals surface area contributed by atoms with Gasteiger partial charge in [-0.1, -0.05) is 0 Å². The highest BCUT2D eigenvalue weighted by Gasteiger charge is 2.23. The lowest BCUT2D eigenvalue weighted by atomic mass is 10.2. The van der Waals surface area contributed by atoms with E-state index in [0.717, 1.165) is 13.8 Å². The fraction of sp³-hybridized carbons (Fsp3) is 0.667. The molecule has 0 rings (SSSR count). The topological polar surface area (TPSA) is 93.2 Å². The van der Waals surface area contributed by atoms with Crippen LogP contribution in [-0.4, -0.2) is 61.1 Å². The Bertz CT molecular complexity index is 362. The zero-order valence-corrected chi connectivity index (χ0v) is 12.2. The molecule has 0 heterocycles. The van der Waals surface area contributed by atoms with Crippen molar-refractivity contribution in [3.8, 4) is 0 Å². The molecule has 0 aromatic heterocycles. The maximum Gasteiger partial charge on any atom is 0.236 e. The van der Waals surface area contributed by atoms with Crippen molar-refractivity contribution in [2.45, 2.75) is 26.7 Å². The SMILES string of the molecule is COCN(COC)C(=O)CCC(=O)N(C(C)=O)C(C)=O. The van der Waals surface area contributed by atoms with Crippen LogP contribution in [0.3, 0.4) is 0 Å². The fourth-order valence-electron chi connectivity index (χ4n) is 1.55. The van der Waals surface area contributed by atoms with Gasteiger partial charge >= 0.3 is 0 Å². The van der Waals surface area contributed by atoms with Gasteiger partial charge in [-0.25, -0.2) is 4.90 Å². The van der Waals surface area contributed by atoms with Crippen molar-refractivity contribution in [3.05, 3.63) is 0 Å². The number of nitrogens with zero attached hydrogens (tertiary/aromatic N) is 2. The molecule has 0 spiro atoms. The van der Waals surface area contributed by atoms with E-state index in [1.165, 1.54) is 19.1 Å². The summed E-state index contributed by atoms with van der Waals surface area (Å²) in [6.07, 6.45) is -0.371. The predicted molar refractivity (Wildman–Crippen MR) is 68.0 cm³/mol. The van der Waals surface area contributed by atoms with Gasteiger partial charge < -0.3 is 9.47 Å². The van der Waals surface area contributed by atoms with Gasteiger partial charge in [0, 0.05) is 40.9 Å². The van der Waals surface area contributed by atoms with E-state index in [1.807, 2.05) is 0 Å². The molecule has 0 aromatic carbocycles. The first-order chi connectivity index (χ1) is 9.34. The number of amides is 4. The molecule has 0 fully saturated rings. The average Bonchev–Trinajstić information content (AvgIpc) is 2.34. The van der Waals surface area contributed by atoms with Crippen LogP contribution >= 0.6 is 0 Å². The summed E-state index contributed by atoms with van der Waals surface area (Å²) in [7, 11) is 2.85. The van der Waals surface area contributed by atoms with Crippen LogP contribution in [0.2, 0.25) is 0 Å². The van der Waals surface area contributed by atoms with Crippen LogP contribution in [0.5, 0.6) is 0 Å². The van der Waals surface area contributed by atoms with E-state index in [9.17, 15) is 19.2 Å². The first-order valence-electron chi connectivity index (χ1n) is 5.94. The van der Waals surface area contributed by atoms with Gasteiger partial charge in [-0.3, -0.25) is 24.1 Å². The van der Waals surface area contributed by atoms with Crippen LogP contribution in [-0.2, 0) is 28.7 Å². The molecular formula is C12H20N2O6. The van der Waals surface area contributed by atoms with E-state index >= 15 is 0 Å². The molecule has 8 heteroatoms. The third-order valence-corrected chi connectivity index (χ3v) is 2.35. The predicted octanol–water partition coefficient (Wildman–Crippen LogP) is -0.275. The van der Waals surface area contributed by atoms with Crippen LogP contribution in [0.15, 0.2) is 0 Å². The second kappa shape index (κ2) is 9.16. The summed E-state index contributed by atoms with van der Waals surface area (Å²) in [5, 5.41) is 0. The highest BCUT2D eigenvalue weighted by molar-refractivity contribution is 6.09. The molecule has 0 atom stereocenters. The highest BCUT2D eigenvalue weighted by atomic mass is 16.5. The molecule has 20 heavy (non-hydrogen) atoms. The third-order valence-electron chi connectivity index (χ3n) is 2.35. The second-order valence-corrected chi connectivity index (χ2v) is 4.04. The van der Waals surface area contributed by atoms with Crippen molar-refractivity contribution in [3.63, 3.8) is 0 Å². The number of hydrogen-bond acceptors (Lipinski definition) is 6. The summed E-state index contributed by atoms with van der Waals surface area (Å²) in [5.74, 6) is -2.40. The Labute approximate surface area is 117 Å². The zero-order chi connectivity index (χ0) is 15.7.